The maximum Gasteiger partial charge on any atom is 0.208 e. The third-order valence-corrected chi connectivity index (χ3v) is 4.92. The van der Waals surface area contributed by atoms with E-state index >= 15 is 0 Å². The van der Waals surface area contributed by atoms with E-state index in [1.165, 1.54) is 5.56 Å². The van der Waals surface area contributed by atoms with Crippen LogP contribution in [0.5, 0.6) is 11.5 Å². The van der Waals surface area contributed by atoms with Gasteiger partial charge in [-0.2, -0.15) is 0 Å². The number of carbonyl (C=O) groups is 1. The summed E-state index contributed by atoms with van der Waals surface area (Å²) in [6, 6.07) is 17.7. The molecule has 2 aromatic heterocycles. The summed E-state index contributed by atoms with van der Waals surface area (Å²) in [5, 5.41) is 3.38. The number of benzene rings is 2. The Kier molecular flexibility index (Phi) is 5.48. The van der Waals surface area contributed by atoms with Crippen molar-refractivity contribution in [1.29, 1.82) is 0 Å². The van der Waals surface area contributed by atoms with E-state index in [1.807, 2.05) is 29.8 Å². The maximum atomic E-state index is 11.3. The van der Waals surface area contributed by atoms with Gasteiger partial charge in [-0.05, 0) is 49.2 Å². The fourth-order valence-corrected chi connectivity index (χ4v) is 3.32. The third kappa shape index (κ3) is 4.33. The summed E-state index contributed by atoms with van der Waals surface area (Å²) >= 11 is 0. The van der Waals surface area contributed by atoms with Crippen molar-refractivity contribution in [2.75, 3.05) is 5.32 Å². The number of hydrogen-bond donors (Lipinski definition) is 1. The molecule has 0 aliphatic heterocycles. The summed E-state index contributed by atoms with van der Waals surface area (Å²) in [7, 11) is 1.98. The zero-order valence-corrected chi connectivity index (χ0v) is 17.3. The summed E-state index contributed by atoms with van der Waals surface area (Å²) < 4.78 is 8.00. The zero-order chi connectivity index (χ0) is 21.1. The number of pyridine rings is 1. The predicted molar refractivity (Wildman–Crippen MR) is 119 cm³/mol. The average molecular weight is 400 g/mol. The van der Waals surface area contributed by atoms with Crippen molar-refractivity contribution < 1.29 is 9.53 Å². The van der Waals surface area contributed by atoms with Crippen LogP contribution < -0.4 is 10.1 Å². The molecule has 0 bridgehead atoms. The number of aryl methyl sites for hydroxylation is 2. The molecule has 30 heavy (non-hydrogen) atoms. The van der Waals surface area contributed by atoms with Gasteiger partial charge in [0.15, 0.2) is 0 Å². The van der Waals surface area contributed by atoms with E-state index in [-0.39, 0.29) is 5.78 Å². The molecule has 0 saturated heterocycles. The van der Waals surface area contributed by atoms with Gasteiger partial charge in [0.25, 0.3) is 0 Å². The number of carbonyl (C=O) groups excluding carboxylic acids is 1. The van der Waals surface area contributed by atoms with Gasteiger partial charge in [-0.3, -0.25) is 9.78 Å². The number of imidazole rings is 1. The largest absolute Gasteiger partial charge is 0.457 e. The van der Waals surface area contributed by atoms with Crippen LogP contribution >= 0.6 is 0 Å². The van der Waals surface area contributed by atoms with Crippen LogP contribution in [0.15, 0.2) is 60.8 Å². The molecule has 2 heterocycles. The molecule has 0 amide bonds. The normalized spacial score (nSPS) is 10.9. The van der Waals surface area contributed by atoms with Crippen LogP contribution in [0.2, 0.25) is 0 Å². The number of nitrogens with one attached hydrogen (secondary N) is 1. The van der Waals surface area contributed by atoms with Gasteiger partial charge < -0.3 is 14.6 Å². The molecule has 0 aliphatic rings. The Bertz CT molecular complexity index is 1200. The monoisotopic (exact) mass is 400 g/mol. The van der Waals surface area contributed by atoms with Crippen LogP contribution in [-0.2, 0) is 24.7 Å². The molecule has 2 aromatic carbocycles. The number of rotatable bonds is 7. The number of ketones is 1. The van der Waals surface area contributed by atoms with Crippen molar-refractivity contribution in [3.8, 4) is 11.5 Å². The predicted octanol–water partition coefficient (Wildman–Crippen LogP) is 5.20. The number of ether oxygens (including phenoxy) is 1. The van der Waals surface area contributed by atoms with Crippen molar-refractivity contribution in [1.82, 2.24) is 14.5 Å². The van der Waals surface area contributed by atoms with Crippen molar-refractivity contribution in [2.45, 2.75) is 26.7 Å². The van der Waals surface area contributed by atoms with Crippen LogP contribution in [0.3, 0.4) is 0 Å². The minimum Gasteiger partial charge on any atom is -0.457 e. The molecular formula is C24H24N4O2. The minimum absolute atomic E-state index is 0.0684. The van der Waals surface area contributed by atoms with Gasteiger partial charge in [-0.15, -0.1) is 0 Å². The molecule has 6 heteroatoms. The molecule has 0 spiro atoms. The van der Waals surface area contributed by atoms with Crippen LogP contribution in [-0.4, -0.2) is 20.3 Å². The number of anilines is 2. The molecule has 0 unspecified atom stereocenters. The lowest BCUT2D eigenvalue weighted by Gasteiger charge is -2.07. The lowest BCUT2D eigenvalue weighted by molar-refractivity contribution is -0.116. The fraction of sp³-hybridized carbons (Fsp3) is 0.208. The number of aromatic nitrogens is 3. The quantitative estimate of drug-likeness (QED) is 0.462. The Morgan fingerprint density at radius 1 is 1.07 bits per heavy atom. The highest BCUT2D eigenvalue weighted by Gasteiger charge is 2.10. The fourth-order valence-electron chi connectivity index (χ4n) is 3.32. The SMILES string of the molecule is CCc1ccc(Nc2nc3cc(Oc4ccnc(CC(C)=O)c4)ccc3n2C)cc1. The number of fused-ring (bicyclic) bond motifs is 1. The first-order valence-electron chi connectivity index (χ1n) is 9.96. The van der Waals surface area contributed by atoms with Crippen molar-refractivity contribution >= 4 is 28.5 Å². The smallest absolute Gasteiger partial charge is 0.208 e. The minimum atomic E-state index is 0.0684. The van der Waals surface area contributed by atoms with E-state index in [2.05, 4.69) is 41.5 Å². The van der Waals surface area contributed by atoms with Crippen LogP contribution in [0.25, 0.3) is 11.0 Å². The lowest BCUT2D eigenvalue weighted by Crippen LogP contribution is -1.99. The van der Waals surface area contributed by atoms with Crippen LogP contribution in [0, 0.1) is 0 Å². The van der Waals surface area contributed by atoms with E-state index in [0.717, 1.165) is 29.1 Å². The first-order chi connectivity index (χ1) is 14.5. The summed E-state index contributed by atoms with van der Waals surface area (Å²) in [6.45, 7) is 3.69. The molecular weight excluding hydrogens is 376 g/mol. The molecule has 6 nitrogen and oxygen atoms in total. The first-order valence-corrected chi connectivity index (χ1v) is 9.96. The molecule has 0 atom stereocenters. The van der Waals surface area contributed by atoms with Gasteiger partial charge in [0.05, 0.1) is 16.7 Å². The highest BCUT2D eigenvalue weighted by atomic mass is 16.5. The third-order valence-electron chi connectivity index (χ3n) is 4.92. The molecule has 152 valence electrons. The topological polar surface area (TPSA) is 69.0 Å². The Hall–Kier alpha value is -3.67. The first kappa shape index (κ1) is 19.6. The van der Waals surface area contributed by atoms with Gasteiger partial charge in [0.1, 0.15) is 17.3 Å². The molecule has 4 rings (SSSR count). The van der Waals surface area contributed by atoms with Gasteiger partial charge in [0, 0.05) is 37.5 Å². The summed E-state index contributed by atoms with van der Waals surface area (Å²) in [5.74, 6) is 2.16. The Morgan fingerprint density at radius 3 is 2.57 bits per heavy atom. The highest BCUT2D eigenvalue weighted by molar-refractivity contribution is 5.81. The Morgan fingerprint density at radius 2 is 1.83 bits per heavy atom. The standard InChI is InChI=1S/C24H24N4O2/c1-4-17-5-7-18(8-6-17)26-24-27-22-15-20(9-10-23(22)28(24)3)30-21-11-12-25-19(14-21)13-16(2)29/h5-12,14-15H,4,13H2,1-3H3,(H,26,27). The van der Waals surface area contributed by atoms with Crippen molar-refractivity contribution in [3.05, 3.63) is 72.1 Å². The molecule has 4 aromatic rings. The van der Waals surface area contributed by atoms with Gasteiger partial charge in [0.2, 0.25) is 5.95 Å². The van der Waals surface area contributed by atoms with Gasteiger partial charge in [-0.1, -0.05) is 19.1 Å². The summed E-state index contributed by atoms with van der Waals surface area (Å²) in [6.07, 6.45) is 2.96. The van der Waals surface area contributed by atoms with E-state index < -0.39 is 0 Å². The van der Waals surface area contributed by atoms with Crippen LogP contribution in [0.4, 0.5) is 11.6 Å². The van der Waals surface area contributed by atoms with Crippen LogP contribution in [0.1, 0.15) is 25.1 Å². The number of nitrogens with zero attached hydrogens (tertiary/aromatic N) is 3. The molecule has 0 saturated carbocycles. The van der Waals surface area contributed by atoms with Gasteiger partial charge >= 0.3 is 0 Å². The molecule has 0 aliphatic carbocycles. The summed E-state index contributed by atoms with van der Waals surface area (Å²) in [5.41, 5.74) is 4.83. The second-order valence-electron chi connectivity index (χ2n) is 7.28. The average Bonchev–Trinajstić information content (AvgIpc) is 3.03. The lowest BCUT2D eigenvalue weighted by atomic mass is 10.1. The summed E-state index contributed by atoms with van der Waals surface area (Å²) in [4.78, 5) is 20.3. The molecule has 0 fully saturated rings. The Labute approximate surface area is 175 Å². The number of hydrogen-bond acceptors (Lipinski definition) is 5. The zero-order valence-electron chi connectivity index (χ0n) is 17.3. The Balaban J connectivity index is 1.56. The molecule has 0 radical (unpaired) electrons. The second-order valence-corrected chi connectivity index (χ2v) is 7.28. The van der Waals surface area contributed by atoms with E-state index in [9.17, 15) is 4.79 Å². The maximum absolute atomic E-state index is 11.3. The van der Waals surface area contributed by atoms with E-state index in [1.54, 1.807) is 25.3 Å². The highest BCUT2D eigenvalue weighted by Crippen LogP contribution is 2.28. The van der Waals surface area contributed by atoms with Gasteiger partial charge in [-0.25, -0.2) is 4.98 Å². The van der Waals surface area contributed by atoms with E-state index in [0.29, 0.717) is 23.6 Å². The second kappa shape index (κ2) is 8.37. The van der Waals surface area contributed by atoms with E-state index in [4.69, 9.17) is 9.72 Å². The van der Waals surface area contributed by atoms with Crippen molar-refractivity contribution in [2.24, 2.45) is 7.05 Å². The van der Waals surface area contributed by atoms with Crippen molar-refractivity contribution in [3.63, 3.8) is 0 Å². The molecule has 1 N–H and O–H groups in total. The number of Topliss-reactive ketones (excluding diaryl/α,β-unsaturated/α-hetero) is 1.